The lowest BCUT2D eigenvalue weighted by Gasteiger charge is -2.12. The Bertz CT molecular complexity index is 1020. The smallest absolute Gasteiger partial charge is 0.162 e. The highest BCUT2D eigenvalue weighted by atomic mass is 15.3. The number of aryl methyl sites for hydroxylation is 2. The second-order valence-electron chi connectivity index (χ2n) is 6.16. The second kappa shape index (κ2) is 6.52. The van der Waals surface area contributed by atoms with Crippen molar-refractivity contribution in [1.29, 1.82) is 0 Å². The Morgan fingerprint density at radius 1 is 0.840 bits per heavy atom. The summed E-state index contributed by atoms with van der Waals surface area (Å²) >= 11 is 0. The standard InChI is InChI=1S/C22H21N3/c1-3-18-15-19(4-2)25(24-18)22-20-13-9-8-12-17(20)14-21(23-22)16-10-6-5-7-11-16/h5-15H,3-4H2,1-2H3. The van der Waals surface area contributed by atoms with Gasteiger partial charge in [-0.15, -0.1) is 0 Å². The first-order valence-electron chi connectivity index (χ1n) is 8.83. The van der Waals surface area contributed by atoms with Gasteiger partial charge >= 0.3 is 0 Å². The molecule has 0 fully saturated rings. The monoisotopic (exact) mass is 327 g/mol. The van der Waals surface area contributed by atoms with Crippen LogP contribution in [0.15, 0.2) is 66.7 Å². The van der Waals surface area contributed by atoms with E-state index in [1.54, 1.807) is 0 Å². The molecule has 0 aliphatic heterocycles. The third kappa shape index (κ3) is 2.82. The molecule has 0 bridgehead atoms. The largest absolute Gasteiger partial charge is 0.228 e. The molecule has 0 radical (unpaired) electrons. The number of rotatable bonds is 4. The topological polar surface area (TPSA) is 30.7 Å². The van der Waals surface area contributed by atoms with E-state index in [9.17, 15) is 0 Å². The molecule has 0 amide bonds. The molecule has 25 heavy (non-hydrogen) atoms. The molecule has 3 nitrogen and oxygen atoms in total. The van der Waals surface area contributed by atoms with Crippen LogP contribution in [-0.4, -0.2) is 14.8 Å². The van der Waals surface area contributed by atoms with E-state index in [2.05, 4.69) is 62.4 Å². The number of aromatic nitrogens is 3. The van der Waals surface area contributed by atoms with Gasteiger partial charge in [0.2, 0.25) is 0 Å². The highest BCUT2D eigenvalue weighted by Crippen LogP contribution is 2.27. The minimum Gasteiger partial charge on any atom is -0.228 e. The van der Waals surface area contributed by atoms with Gasteiger partial charge in [-0.25, -0.2) is 9.67 Å². The van der Waals surface area contributed by atoms with Gasteiger partial charge < -0.3 is 0 Å². The molecule has 2 heterocycles. The van der Waals surface area contributed by atoms with E-state index in [0.717, 1.165) is 41.0 Å². The van der Waals surface area contributed by atoms with Gasteiger partial charge in [-0.05, 0) is 30.4 Å². The van der Waals surface area contributed by atoms with Gasteiger partial charge in [-0.1, -0.05) is 68.4 Å². The fourth-order valence-corrected chi connectivity index (χ4v) is 3.18. The third-order valence-electron chi connectivity index (χ3n) is 4.55. The molecule has 0 N–H and O–H groups in total. The maximum atomic E-state index is 5.00. The van der Waals surface area contributed by atoms with Gasteiger partial charge in [0.25, 0.3) is 0 Å². The maximum Gasteiger partial charge on any atom is 0.162 e. The van der Waals surface area contributed by atoms with Crippen LogP contribution in [0.5, 0.6) is 0 Å². The van der Waals surface area contributed by atoms with Crippen molar-refractivity contribution in [3.63, 3.8) is 0 Å². The zero-order valence-corrected chi connectivity index (χ0v) is 14.6. The molecule has 124 valence electrons. The van der Waals surface area contributed by atoms with Crippen molar-refractivity contribution in [2.24, 2.45) is 0 Å². The van der Waals surface area contributed by atoms with Crippen molar-refractivity contribution in [3.8, 4) is 17.1 Å². The van der Waals surface area contributed by atoms with Crippen molar-refractivity contribution < 1.29 is 0 Å². The first kappa shape index (κ1) is 15.6. The zero-order valence-electron chi connectivity index (χ0n) is 14.6. The number of pyridine rings is 1. The van der Waals surface area contributed by atoms with Crippen molar-refractivity contribution in [2.45, 2.75) is 26.7 Å². The number of nitrogens with zero attached hydrogens (tertiary/aromatic N) is 3. The fraction of sp³-hybridized carbons (Fsp3) is 0.182. The first-order valence-corrected chi connectivity index (χ1v) is 8.83. The summed E-state index contributed by atoms with van der Waals surface area (Å²) in [6, 6.07) is 23.1. The van der Waals surface area contributed by atoms with E-state index in [1.807, 2.05) is 22.9 Å². The van der Waals surface area contributed by atoms with Crippen LogP contribution in [0.4, 0.5) is 0 Å². The average molecular weight is 327 g/mol. The van der Waals surface area contributed by atoms with Crippen molar-refractivity contribution in [1.82, 2.24) is 14.8 Å². The summed E-state index contributed by atoms with van der Waals surface area (Å²) in [5.74, 6) is 0.911. The van der Waals surface area contributed by atoms with Gasteiger partial charge in [0, 0.05) is 16.6 Å². The molecule has 0 aliphatic rings. The Labute approximate surface area is 148 Å². The first-order chi connectivity index (χ1) is 12.3. The lowest BCUT2D eigenvalue weighted by atomic mass is 10.1. The van der Waals surface area contributed by atoms with Crippen LogP contribution in [-0.2, 0) is 12.8 Å². The predicted octanol–water partition coefficient (Wildman–Crippen LogP) is 5.21. The van der Waals surface area contributed by atoms with Crippen molar-refractivity contribution in [2.75, 3.05) is 0 Å². The Morgan fingerprint density at radius 3 is 2.36 bits per heavy atom. The number of hydrogen-bond donors (Lipinski definition) is 0. The minimum absolute atomic E-state index is 0.911. The van der Waals surface area contributed by atoms with Crippen LogP contribution < -0.4 is 0 Å². The van der Waals surface area contributed by atoms with Crippen molar-refractivity contribution >= 4 is 10.8 Å². The molecule has 0 unspecified atom stereocenters. The molecule has 4 aromatic rings. The van der Waals surface area contributed by atoms with Crippen LogP contribution in [0.3, 0.4) is 0 Å². The number of fused-ring (bicyclic) bond motifs is 1. The second-order valence-corrected chi connectivity index (χ2v) is 6.16. The predicted molar refractivity (Wildman–Crippen MR) is 103 cm³/mol. The lowest BCUT2D eigenvalue weighted by molar-refractivity contribution is 0.779. The van der Waals surface area contributed by atoms with Gasteiger partial charge in [-0.3, -0.25) is 0 Å². The Balaban J connectivity index is 2.01. The van der Waals surface area contributed by atoms with Crippen molar-refractivity contribution in [3.05, 3.63) is 78.1 Å². The molecule has 2 aromatic heterocycles. The van der Waals surface area contributed by atoms with Crippen LogP contribution >= 0.6 is 0 Å². The Hall–Kier alpha value is -2.94. The van der Waals surface area contributed by atoms with Gasteiger partial charge in [0.1, 0.15) is 0 Å². The number of hydrogen-bond acceptors (Lipinski definition) is 2. The quantitative estimate of drug-likeness (QED) is 0.515. The maximum absolute atomic E-state index is 5.00. The van der Waals surface area contributed by atoms with Gasteiger partial charge in [0.05, 0.1) is 11.4 Å². The molecule has 0 aliphatic carbocycles. The lowest BCUT2D eigenvalue weighted by Crippen LogP contribution is -2.06. The molecule has 3 heteroatoms. The number of benzene rings is 2. The van der Waals surface area contributed by atoms with Gasteiger partial charge in [0.15, 0.2) is 5.82 Å². The summed E-state index contributed by atoms with van der Waals surface area (Å²) in [5, 5.41) is 7.12. The van der Waals surface area contributed by atoms with Crippen LogP contribution in [0, 0.1) is 0 Å². The highest BCUT2D eigenvalue weighted by Gasteiger charge is 2.14. The van der Waals surface area contributed by atoms with E-state index in [1.165, 1.54) is 11.1 Å². The molecule has 4 rings (SSSR count). The van der Waals surface area contributed by atoms with E-state index in [-0.39, 0.29) is 0 Å². The van der Waals surface area contributed by atoms with Crippen LogP contribution in [0.2, 0.25) is 0 Å². The van der Waals surface area contributed by atoms with Crippen LogP contribution in [0.1, 0.15) is 25.2 Å². The van der Waals surface area contributed by atoms with Gasteiger partial charge in [-0.2, -0.15) is 5.10 Å². The molecule has 0 spiro atoms. The van der Waals surface area contributed by atoms with E-state index in [4.69, 9.17) is 10.1 Å². The average Bonchev–Trinajstić information content (AvgIpc) is 3.11. The Kier molecular flexibility index (Phi) is 4.06. The molecular formula is C22H21N3. The van der Waals surface area contributed by atoms with Crippen LogP contribution in [0.25, 0.3) is 27.8 Å². The summed E-state index contributed by atoms with van der Waals surface area (Å²) in [4.78, 5) is 5.00. The summed E-state index contributed by atoms with van der Waals surface area (Å²) in [5.41, 5.74) is 4.40. The normalized spacial score (nSPS) is 11.1. The molecule has 0 atom stereocenters. The Morgan fingerprint density at radius 2 is 1.60 bits per heavy atom. The molecular weight excluding hydrogens is 306 g/mol. The summed E-state index contributed by atoms with van der Waals surface area (Å²) < 4.78 is 2.02. The SMILES string of the molecule is CCc1cc(CC)n(-c2nc(-c3ccccc3)cc3ccccc23)n1. The van der Waals surface area contributed by atoms with E-state index in [0.29, 0.717) is 0 Å². The molecule has 0 saturated heterocycles. The summed E-state index contributed by atoms with van der Waals surface area (Å²) in [6.45, 7) is 4.30. The molecule has 0 saturated carbocycles. The highest BCUT2D eigenvalue weighted by molar-refractivity contribution is 5.91. The zero-order chi connectivity index (χ0) is 17.2. The van der Waals surface area contributed by atoms with E-state index < -0.39 is 0 Å². The minimum atomic E-state index is 0.911. The van der Waals surface area contributed by atoms with E-state index >= 15 is 0 Å². The fourth-order valence-electron chi connectivity index (χ4n) is 3.18. The third-order valence-corrected chi connectivity index (χ3v) is 4.55. The summed E-state index contributed by atoms with van der Waals surface area (Å²) in [6.07, 6.45) is 1.86. The summed E-state index contributed by atoms with van der Waals surface area (Å²) in [7, 11) is 0. The molecule has 2 aromatic carbocycles.